The summed E-state index contributed by atoms with van der Waals surface area (Å²) in [6, 6.07) is 19.1. The fourth-order valence-corrected chi connectivity index (χ4v) is 4.32. The van der Waals surface area contributed by atoms with Gasteiger partial charge < -0.3 is 4.74 Å². The lowest BCUT2D eigenvalue weighted by Crippen LogP contribution is -2.31. The van der Waals surface area contributed by atoms with E-state index < -0.39 is 0 Å². The molecule has 1 aliphatic rings. The number of aromatic nitrogens is 3. The van der Waals surface area contributed by atoms with E-state index in [2.05, 4.69) is 21.0 Å². The minimum atomic E-state index is -0.187. The van der Waals surface area contributed by atoms with Gasteiger partial charge in [0.15, 0.2) is 5.65 Å². The van der Waals surface area contributed by atoms with Crippen molar-refractivity contribution in [2.75, 3.05) is 26.3 Å². The zero-order chi connectivity index (χ0) is 21.0. The summed E-state index contributed by atoms with van der Waals surface area (Å²) in [5, 5.41) is 4.67. The highest BCUT2D eigenvalue weighted by Crippen LogP contribution is 2.27. The molecule has 5 rings (SSSR count). The van der Waals surface area contributed by atoms with Crippen molar-refractivity contribution in [1.29, 1.82) is 0 Å². The highest BCUT2D eigenvalue weighted by molar-refractivity contribution is 5.67. The number of fused-ring (bicyclic) bond motifs is 1. The van der Waals surface area contributed by atoms with Crippen LogP contribution in [-0.2, 0) is 17.7 Å². The van der Waals surface area contributed by atoms with Crippen molar-refractivity contribution in [3.63, 3.8) is 0 Å². The summed E-state index contributed by atoms with van der Waals surface area (Å²) in [7, 11) is 0. The van der Waals surface area contributed by atoms with Crippen LogP contribution in [0.25, 0.3) is 16.8 Å². The van der Waals surface area contributed by atoms with Crippen LogP contribution in [0.4, 0.5) is 4.39 Å². The zero-order valence-corrected chi connectivity index (χ0v) is 17.3. The average molecular weight is 417 g/mol. The fourth-order valence-electron chi connectivity index (χ4n) is 4.32. The number of benzene rings is 2. The minimum Gasteiger partial charge on any atom is -0.380 e. The number of halogens is 1. The monoisotopic (exact) mass is 416 g/mol. The van der Waals surface area contributed by atoms with Crippen LogP contribution in [0.2, 0.25) is 0 Å². The summed E-state index contributed by atoms with van der Waals surface area (Å²) < 4.78 is 22.2. The van der Waals surface area contributed by atoms with E-state index in [1.165, 1.54) is 6.07 Å². The molecule has 158 valence electrons. The van der Waals surface area contributed by atoms with Gasteiger partial charge in [-0.25, -0.2) is 13.9 Å². The normalized spacial score (nSPS) is 17.6. The third kappa shape index (κ3) is 4.50. The fraction of sp³-hybridized carbons (Fsp3) is 0.280. The third-order valence-electron chi connectivity index (χ3n) is 5.81. The molecule has 1 saturated heterocycles. The first-order chi connectivity index (χ1) is 15.3. The van der Waals surface area contributed by atoms with Gasteiger partial charge in [0, 0.05) is 43.5 Å². The second-order valence-corrected chi connectivity index (χ2v) is 8.07. The van der Waals surface area contributed by atoms with E-state index in [1.807, 2.05) is 53.2 Å². The largest absolute Gasteiger partial charge is 0.380 e. The van der Waals surface area contributed by atoms with Gasteiger partial charge in [0.2, 0.25) is 0 Å². The van der Waals surface area contributed by atoms with Gasteiger partial charge >= 0.3 is 0 Å². The van der Waals surface area contributed by atoms with E-state index >= 15 is 0 Å². The molecule has 1 fully saturated rings. The summed E-state index contributed by atoms with van der Waals surface area (Å²) >= 11 is 0. The molecule has 3 heterocycles. The molecule has 1 atom stereocenters. The van der Waals surface area contributed by atoms with Crippen LogP contribution in [-0.4, -0.2) is 45.8 Å². The van der Waals surface area contributed by atoms with Crippen molar-refractivity contribution >= 4 is 5.65 Å². The molecular formula is C25H25FN4O. The molecule has 1 aliphatic heterocycles. The average Bonchev–Trinajstić information content (AvgIpc) is 3.14. The van der Waals surface area contributed by atoms with Crippen molar-refractivity contribution in [3.8, 4) is 11.1 Å². The first-order valence-corrected chi connectivity index (χ1v) is 10.7. The van der Waals surface area contributed by atoms with Crippen LogP contribution < -0.4 is 0 Å². The topological polar surface area (TPSA) is 42.7 Å². The van der Waals surface area contributed by atoms with Crippen LogP contribution in [0.3, 0.4) is 0 Å². The Morgan fingerprint density at radius 2 is 1.84 bits per heavy atom. The van der Waals surface area contributed by atoms with E-state index in [9.17, 15) is 4.39 Å². The second kappa shape index (κ2) is 8.96. The maximum Gasteiger partial charge on any atom is 0.153 e. The van der Waals surface area contributed by atoms with Crippen molar-refractivity contribution < 1.29 is 9.13 Å². The van der Waals surface area contributed by atoms with Gasteiger partial charge in [0.1, 0.15) is 5.82 Å². The Hall–Kier alpha value is -3.09. The second-order valence-electron chi connectivity index (χ2n) is 8.07. The van der Waals surface area contributed by atoms with E-state index in [1.54, 1.807) is 12.3 Å². The Kier molecular flexibility index (Phi) is 5.74. The Balaban J connectivity index is 1.33. The minimum absolute atomic E-state index is 0.187. The van der Waals surface area contributed by atoms with Gasteiger partial charge in [-0.1, -0.05) is 42.5 Å². The molecular weight excluding hydrogens is 391 g/mol. The summed E-state index contributed by atoms with van der Waals surface area (Å²) in [4.78, 5) is 6.67. The third-order valence-corrected chi connectivity index (χ3v) is 5.81. The maximum atomic E-state index is 14.4. The predicted octanol–water partition coefficient (Wildman–Crippen LogP) is 4.23. The van der Waals surface area contributed by atoms with E-state index in [4.69, 9.17) is 4.74 Å². The van der Waals surface area contributed by atoms with Crippen molar-refractivity contribution in [3.05, 3.63) is 90.1 Å². The van der Waals surface area contributed by atoms with Gasteiger partial charge in [-0.3, -0.25) is 4.90 Å². The first-order valence-electron chi connectivity index (χ1n) is 10.7. The van der Waals surface area contributed by atoms with Gasteiger partial charge in [0.25, 0.3) is 0 Å². The number of imidazole rings is 1. The standard InChI is InChI=1S/C25H25FN4O/c26-24-8-4-3-7-23(24)22-6-2-1-5-20(22)17-29-13-14-31-18-19(16-29)15-21-9-10-25-27-11-12-30(25)28-21/h1-12,19H,13-18H2/t19-/m1/s1. The van der Waals surface area contributed by atoms with Gasteiger partial charge in [-0.2, -0.15) is 5.10 Å². The van der Waals surface area contributed by atoms with E-state index in [0.717, 1.165) is 55.1 Å². The lowest BCUT2D eigenvalue weighted by atomic mass is 9.98. The number of rotatable bonds is 5. The molecule has 4 aromatic rings. The molecule has 0 amide bonds. The van der Waals surface area contributed by atoms with Crippen LogP contribution in [0.15, 0.2) is 73.1 Å². The Labute approximate surface area is 181 Å². The molecule has 5 nitrogen and oxygen atoms in total. The number of hydrogen-bond acceptors (Lipinski definition) is 4. The summed E-state index contributed by atoms with van der Waals surface area (Å²) in [5.41, 5.74) is 4.62. The lowest BCUT2D eigenvalue weighted by molar-refractivity contribution is 0.121. The molecule has 2 aromatic carbocycles. The van der Waals surface area contributed by atoms with Crippen LogP contribution >= 0.6 is 0 Å². The maximum absolute atomic E-state index is 14.4. The zero-order valence-electron chi connectivity index (χ0n) is 17.3. The predicted molar refractivity (Wildman–Crippen MR) is 118 cm³/mol. The number of hydrogen-bond donors (Lipinski definition) is 0. The van der Waals surface area contributed by atoms with Crippen molar-refractivity contribution in [2.45, 2.75) is 13.0 Å². The van der Waals surface area contributed by atoms with Gasteiger partial charge in [0.05, 0.1) is 18.9 Å². The van der Waals surface area contributed by atoms with Crippen molar-refractivity contribution in [1.82, 2.24) is 19.5 Å². The summed E-state index contributed by atoms with van der Waals surface area (Å²) in [6.45, 7) is 3.95. The Morgan fingerprint density at radius 3 is 2.74 bits per heavy atom. The van der Waals surface area contributed by atoms with Crippen LogP contribution in [0.1, 0.15) is 11.3 Å². The molecule has 0 N–H and O–H groups in total. The molecule has 0 spiro atoms. The first kappa shape index (κ1) is 19.8. The van der Waals surface area contributed by atoms with E-state index in [-0.39, 0.29) is 5.82 Å². The molecule has 0 unspecified atom stereocenters. The quantitative estimate of drug-likeness (QED) is 0.488. The van der Waals surface area contributed by atoms with Crippen molar-refractivity contribution in [2.24, 2.45) is 5.92 Å². The molecule has 0 bridgehead atoms. The summed E-state index contributed by atoms with van der Waals surface area (Å²) in [6.07, 6.45) is 4.48. The number of nitrogens with zero attached hydrogens (tertiary/aromatic N) is 4. The van der Waals surface area contributed by atoms with Gasteiger partial charge in [-0.15, -0.1) is 0 Å². The van der Waals surface area contributed by atoms with Gasteiger partial charge in [-0.05, 0) is 35.7 Å². The van der Waals surface area contributed by atoms with Crippen LogP contribution in [0, 0.1) is 11.7 Å². The lowest BCUT2D eigenvalue weighted by Gasteiger charge is -2.24. The SMILES string of the molecule is Fc1ccccc1-c1ccccc1CN1CCOC[C@H](Cc2ccc3nccn3n2)C1. The highest BCUT2D eigenvalue weighted by Gasteiger charge is 2.21. The Morgan fingerprint density at radius 1 is 1.00 bits per heavy atom. The Bertz CT molecular complexity index is 1170. The molecule has 2 aromatic heterocycles. The molecule has 31 heavy (non-hydrogen) atoms. The summed E-state index contributed by atoms with van der Waals surface area (Å²) in [5.74, 6) is 0.157. The molecule has 0 radical (unpaired) electrons. The van der Waals surface area contributed by atoms with Crippen LogP contribution in [0.5, 0.6) is 0 Å². The highest BCUT2D eigenvalue weighted by atomic mass is 19.1. The van der Waals surface area contributed by atoms with E-state index in [0.29, 0.717) is 18.1 Å². The smallest absolute Gasteiger partial charge is 0.153 e. The number of ether oxygens (including phenoxy) is 1. The molecule has 0 aliphatic carbocycles. The molecule has 0 saturated carbocycles. The molecule has 6 heteroatoms.